The van der Waals surface area contributed by atoms with Gasteiger partial charge in [0.25, 0.3) is 0 Å². The number of methoxy groups -OCH3 is 2. The first-order valence-electron chi connectivity index (χ1n) is 5.10. The van der Waals surface area contributed by atoms with Crippen LogP contribution in [0.4, 0.5) is 0 Å². The fourth-order valence-electron chi connectivity index (χ4n) is 1.79. The standard InChI is InChI=1S/C11H16O5S/c1-7-5-11(9(12)15-3,10(13)16-4)17(14)6-8(7)2/h5-6H2,1-4H3/t17-/m1/s1. The Bertz CT molecular complexity index is 394. The Morgan fingerprint density at radius 1 is 1.12 bits per heavy atom. The average Bonchev–Trinajstić information content (AvgIpc) is 2.31. The Hall–Kier alpha value is -1.17. The van der Waals surface area contributed by atoms with Crippen LogP contribution >= 0.6 is 0 Å². The van der Waals surface area contributed by atoms with Crippen LogP contribution in [0.3, 0.4) is 0 Å². The van der Waals surface area contributed by atoms with Gasteiger partial charge in [-0.1, -0.05) is 11.1 Å². The van der Waals surface area contributed by atoms with Crippen molar-refractivity contribution >= 4 is 22.7 Å². The second kappa shape index (κ2) is 5.00. The Morgan fingerprint density at radius 2 is 1.59 bits per heavy atom. The van der Waals surface area contributed by atoms with Gasteiger partial charge in [-0.25, -0.2) is 9.59 Å². The van der Waals surface area contributed by atoms with Gasteiger partial charge in [0.05, 0.1) is 25.0 Å². The zero-order valence-corrected chi connectivity index (χ0v) is 11.2. The molecule has 1 aliphatic heterocycles. The van der Waals surface area contributed by atoms with Crippen LogP contribution < -0.4 is 0 Å². The van der Waals surface area contributed by atoms with Gasteiger partial charge in [-0.05, 0) is 13.8 Å². The summed E-state index contributed by atoms with van der Waals surface area (Å²) < 4.78 is 19.7. The lowest BCUT2D eigenvalue weighted by atomic mass is 9.96. The van der Waals surface area contributed by atoms with Crippen LogP contribution in [-0.4, -0.2) is 40.9 Å². The zero-order valence-electron chi connectivity index (χ0n) is 10.4. The second-order valence-corrected chi connectivity index (χ2v) is 5.71. The van der Waals surface area contributed by atoms with Gasteiger partial charge in [-0.2, -0.15) is 0 Å². The van der Waals surface area contributed by atoms with Gasteiger partial charge >= 0.3 is 11.9 Å². The highest BCUT2D eigenvalue weighted by molar-refractivity contribution is 7.88. The fourth-order valence-corrected chi connectivity index (χ4v) is 3.59. The maximum absolute atomic E-state index is 12.1. The third kappa shape index (κ3) is 2.13. The maximum atomic E-state index is 12.1. The van der Waals surface area contributed by atoms with Crippen molar-refractivity contribution in [3.63, 3.8) is 0 Å². The van der Waals surface area contributed by atoms with E-state index in [4.69, 9.17) is 0 Å². The van der Waals surface area contributed by atoms with E-state index in [0.29, 0.717) is 0 Å². The number of carbonyl (C=O) groups is 2. The molecule has 0 aromatic rings. The van der Waals surface area contributed by atoms with Crippen LogP contribution in [0.15, 0.2) is 11.1 Å². The molecule has 0 saturated heterocycles. The molecule has 0 bridgehead atoms. The summed E-state index contributed by atoms with van der Waals surface area (Å²) in [4.78, 5) is 23.6. The van der Waals surface area contributed by atoms with Crippen LogP contribution in [0.1, 0.15) is 20.3 Å². The number of ether oxygens (including phenoxy) is 2. The van der Waals surface area contributed by atoms with E-state index in [1.54, 1.807) is 0 Å². The molecule has 0 aromatic heterocycles. The quantitative estimate of drug-likeness (QED) is 0.412. The molecule has 1 heterocycles. The molecule has 0 aliphatic carbocycles. The Kier molecular flexibility index (Phi) is 4.08. The molecule has 96 valence electrons. The minimum absolute atomic E-state index is 0.0881. The summed E-state index contributed by atoms with van der Waals surface area (Å²) in [5.74, 6) is -1.40. The Morgan fingerprint density at radius 3 is 2.00 bits per heavy atom. The van der Waals surface area contributed by atoms with Gasteiger partial charge in [-0.3, -0.25) is 4.21 Å². The topological polar surface area (TPSA) is 69.7 Å². The summed E-state index contributed by atoms with van der Waals surface area (Å²) in [7, 11) is 0.688. The number of carbonyl (C=O) groups excluding carboxylic acids is 2. The predicted molar refractivity (Wildman–Crippen MR) is 62.8 cm³/mol. The van der Waals surface area contributed by atoms with Crippen molar-refractivity contribution < 1.29 is 23.3 Å². The fraction of sp³-hybridized carbons (Fsp3) is 0.636. The van der Waals surface area contributed by atoms with Gasteiger partial charge in [-0.15, -0.1) is 0 Å². The van der Waals surface area contributed by atoms with Crippen molar-refractivity contribution in [1.29, 1.82) is 0 Å². The van der Waals surface area contributed by atoms with Crippen molar-refractivity contribution in [2.75, 3.05) is 20.0 Å². The summed E-state index contributed by atoms with van der Waals surface area (Å²) >= 11 is 0. The summed E-state index contributed by atoms with van der Waals surface area (Å²) in [6.07, 6.45) is 0.0881. The largest absolute Gasteiger partial charge is 0.467 e. The van der Waals surface area contributed by atoms with Crippen LogP contribution in [-0.2, 0) is 29.9 Å². The minimum Gasteiger partial charge on any atom is -0.467 e. The third-order valence-corrected chi connectivity index (χ3v) is 4.96. The van der Waals surface area contributed by atoms with Gasteiger partial charge < -0.3 is 9.47 Å². The van der Waals surface area contributed by atoms with E-state index in [1.807, 2.05) is 13.8 Å². The van der Waals surface area contributed by atoms with Gasteiger partial charge in [0.1, 0.15) is 0 Å². The molecule has 1 atom stereocenters. The molecule has 17 heavy (non-hydrogen) atoms. The van der Waals surface area contributed by atoms with Crippen LogP contribution in [0.5, 0.6) is 0 Å². The molecule has 0 aromatic carbocycles. The molecular formula is C11H16O5S. The monoisotopic (exact) mass is 260 g/mol. The molecule has 0 unspecified atom stereocenters. The highest BCUT2D eigenvalue weighted by Gasteiger charge is 2.55. The lowest BCUT2D eigenvalue weighted by Crippen LogP contribution is -2.54. The summed E-state index contributed by atoms with van der Waals surface area (Å²) in [6, 6.07) is 0. The second-order valence-electron chi connectivity index (χ2n) is 4.04. The molecule has 5 nitrogen and oxygen atoms in total. The molecule has 0 N–H and O–H groups in total. The minimum atomic E-state index is -1.70. The van der Waals surface area contributed by atoms with Crippen LogP contribution in [0.2, 0.25) is 0 Å². The van der Waals surface area contributed by atoms with Crippen molar-refractivity contribution in [2.45, 2.75) is 25.0 Å². The van der Waals surface area contributed by atoms with Crippen molar-refractivity contribution in [2.24, 2.45) is 0 Å². The van der Waals surface area contributed by atoms with Crippen molar-refractivity contribution in [3.05, 3.63) is 11.1 Å². The van der Waals surface area contributed by atoms with Crippen LogP contribution in [0.25, 0.3) is 0 Å². The first-order valence-corrected chi connectivity index (χ1v) is 6.42. The molecule has 1 rings (SSSR count). The average molecular weight is 260 g/mol. The molecule has 0 fully saturated rings. The van der Waals surface area contributed by atoms with Crippen LogP contribution in [0, 0.1) is 0 Å². The highest BCUT2D eigenvalue weighted by Crippen LogP contribution is 2.34. The zero-order chi connectivity index (χ0) is 13.2. The van der Waals surface area contributed by atoms with Gasteiger partial charge in [0.15, 0.2) is 0 Å². The summed E-state index contributed by atoms with van der Waals surface area (Å²) in [6.45, 7) is 3.65. The van der Waals surface area contributed by atoms with E-state index in [2.05, 4.69) is 9.47 Å². The third-order valence-electron chi connectivity index (χ3n) is 3.01. The number of esters is 2. The summed E-state index contributed by atoms with van der Waals surface area (Å²) in [5, 5.41) is 0. The molecule has 0 spiro atoms. The number of rotatable bonds is 2. The Balaban J connectivity index is 3.30. The highest BCUT2D eigenvalue weighted by atomic mass is 32.2. The molecular weight excluding hydrogens is 244 g/mol. The van der Waals surface area contributed by atoms with E-state index in [-0.39, 0.29) is 12.2 Å². The van der Waals surface area contributed by atoms with E-state index in [0.717, 1.165) is 11.1 Å². The predicted octanol–water partition coefficient (Wildman–Crippen LogP) is 0.560. The Labute approximate surface area is 103 Å². The number of hydrogen-bond donors (Lipinski definition) is 0. The van der Waals surface area contributed by atoms with E-state index < -0.39 is 27.5 Å². The first kappa shape index (κ1) is 13.9. The SMILES string of the molecule is COC(=O)C1(C(=O)OC)CC(C)=C(C)C[S@]1=O. The first-order chi connectivity index (χ1) is 7.90. The van der Waals surface area contributed by atoms with Crippen molar-refractivity contribution in [1.82, 2.24) is 0 Å². The van der Waals surface area contributed by atoms with E-state index in [9.17, 15) is 13.8 Å². The maximum Gasteiger partial charge on any atom is 0.336 e. The number of hydrogen-bond acceptors (Lipinski definition) is 5. The van der Waals surface area contributed by atoms with Gasteiger partial charge in [0.2, 0.25) is 4.75 Å². The molecule has 0 radical (unpaired) electrons. The normalized spacial score (nSPS) is 23.2. The molecule has 0 amide bonds. The van der Waals surface area contributed by atoms with E-state index >= 15 is 0 Å². The van der Waals surface area contributed by atoms with Crippen molar-refractivity contribution in [3.8, 4) is 0 Å². The van der Waals surface area contributed by atoms with E-state index in [1.165, 1.54) is 14.2 Å². The summed E-state index contributed by atoms with van der Waals surface area (Å²) in [5.41, 5.74) is 1.81. The number of allylic oxidation sites excluding steroid dienone is 1. The smallest absolute Gasteiger partial charge is 0.336 e. The lowest BCUT2D eigenvalue weighted by molar-refractivity contribution is -0.156. The van der Waals surface area contributed by atoms with Gasteiger partial charge in [0, 0.05) is 12.2 Å². The molecule has 6 heteroatoms. The lowest BCUT2D eigenvalue weighted by Gasteiger charge is -2.31. The molecule has 1 aliphatic rings. The molecule has 0 saturated carbocycles.